The highest BCUT2D eigenvalue weighted by Gasteiger charge is 2.48. The topological polar surface area (TPSA) is 81.9 Å². The molecular weight excluding hydrogens is 462 g/mol. The van der Waals surface area contributed by atoms with Crippen LogP contribution in [0.2, 0.25) is 5.02 Å². The number of thioether (sulfide) groups is 1. The molecule has 1 saturated carbocycles. The summed E-state index contributed by atoms with van der Waals surface area (Å²) in [6, 6.07) is 9.53. The average molecular weight is 488 g/mol. The number of amides is 1. The van der Waals surface area contributed by atoms with E-state index in [1.54, 1.807) is 4.52 Å². The Morgan fingerprint density at radius 2 is 2.09 bits per heavy atom. The van der Waals surface area contributed by atoms with Crippen LogP contribution in [0.15, 0.2) is 35.5 Å². The Kier molecular flexibility index (Phi) is 6.20. The van der Waals surface area contributed by atoms with Crippen molar-refractivity contribution in [3.05, 3.63) is 46.6 Å². The highest BCUT2D eigenvalue weighted by Crippen LogP contribution is 2.45. The van der Waals surface area contributed by atoms with Gasteiger partial charge in [0.25, 0.3) is 5.78 Å². The van der Waals surface area contributed by atoms with Gasteiger partial charge < -0.3 is 14.4 Å². The third-order valence-electron chi connectivity index (χ3n) is 6.43. The Hall–Kier alpha value is -2.36. The van der Waals surface area contributed by atoms with Crippen molar-refractivity contribution in [2.24, 2.45) is 0 Å². The molecule has 3 aromatic rings. The van der Waals surface area contributed by atoms with Gasteiger partial charge in [0.15, 0.2) is 0 Å². The van der Waals surface area contributed by atoms with Gasteiger partial charge >= 0.3 is 0 Å². The molecule has 0 bridgehead atoms. The summed E-state index contributed by atoms with van der Waals surface area (Å²) in [5.74, 6) is 1.24. The van der Waals surface area contributed by atoms with Crippen molar-refractivity contribution in [1.29, 1.82) is 0 Å². The highest BCUT2D eigenvalue weighted by molar-refractivity contribution is 7.98. The SMILES string of the molecule is CSc1nc2nc(C)cc(OCC3CN(C(=O)C4(c5ccc(Cl)cc5)CCC4)CCO3)n2n1. The van der Waals surface area contributed by atoms with Crippen LogP contribution in [0.1, 0.15) is 30.5 Å². The first-order valence-corrected chi connectivity index (χ1v) is 12.7. The second kappa shape index (κ2) is 9.12. The number of nitrogens with zero attached hydrogens (tertiary/aromatic N) is 5. The van der Waals surface area contributed by atoms with Gasteiger partial charge in [-0.05, 0) is 43.7 Å². The zero-order valence-electron chi connectivity index (χ0n) is 18.7. The number of carbonyl (C=O) groups excluding carboxylic acids is 1. The maximum Gasteiger partial charge on any atom is 0.256 e. The molecule has 0 radical (unpaired) electrons. The Morgan fingerprint density at radius 3 is 2.79 bits per heavy atom. The number of benzene rings is 1. The predicted octanol–water partition coefficient (Wildman–Crippen LogP) is 3.54. The predicted molar refractivity (Wildman–Crippen MR) is 126 cm³/mol. The monoisotopic (exact) mass is 487 g/mol. The lowest BCUT2D eigenvalue weighted by atomic mass is 9.63. The Labute approximate surface area is 201 Å². The van der Waals surface area contributed by atoms with Crippen LogP contribution in [-0.2, 0) is 14.9 Å². The molecule has 2 fully saturated rings. The fourth-order valence-corrected chi connectivity index (χ4v) is 5.00. The van der Waals surface area contributed by atoms with Crippen LogP contribution in [0.3, 0.4) is 0 Å². The van der Waals surface area contributed by atoms with Crippen LogP contribution in [0.25, 0.3) is 5.78 Å². The standard InChI is InChI=1S/C23H26ClN5O3S/c1-15-12-19(29-21(25-15)26-22(27-29)33-2)32-14-18-13-28(10-11-31-18)20(30)23(8-3-9-23)16-4-6-17(24)7-5-16/h4-7,12,18H,3,8-11,13-14H2,1-2H3. The summed E-state index contributed by atoms with van der Waals surface area (Å²) < 4.78 is 13.6. The minimum atomic E-state index is -0.448. The molecule has 1 saturated heterocycles. The van der Waals surface area contributed by atoms with E-state index in [9.17, 15) is 4.79 Å². The summed E-state index contributed by atoms with van der Waals surface area (Å²) in [4.78, 5) is 24.4. The molecule has 1 unspecified atom stereocenters. The minimum absolute atomic E-state index is 0.174. The van der Waals surface area contributed by atoms with Gasteiger partial charge in [0.05, 0.1) is 18.6 Å². The maximum absolute atomic E-state index is 13.6. The number of hydrogen-bond acceptors (Lipinski definition) is 7. The molecule has 0 N–H and O–H groups in total. The summed E-state index contributed by atoms with van der Waals surface area (Å²) in [7, 11) is 0. The van der Waals surface area contributed by atoms with Crippen LogP contribution >= 0.6 is 23.4 Å². The molecule has 5 rings (SSSR count). The van der Waals surface area contributed by atoms with Gasteiger partial charge in [0.1, 0.15) is 12.7 Å². The molecule has 0 spiro atoms. The van der Waals surface area contributed by atoms with Crippen molar-refractivity contribution in [3.8, 4) is 5.88 Å². The Balaban J connectivity index is 1.29. The number of halogens is 1. The molecule has 174 valence electrons. The van der Waals surface area contributed by atoms with Crippen molar-refractivity contribution < 1.29 is 14.3 Å². The molecule has 1 amide bonds. The van der Waals surface area contributed by atoms with Crippen molar-refractivity contribution in [3.63, 3.8) is 0 Å². The Morgan fingerprint density at radius 1 is 1.30 bits per heavy atom. The van der Waals surface area contributed by atoms with E-state index in [4.69, 9.17) is 21.1 Å². The maximum atomic E-state index is 13.6. The molecule has 1 aromatic carbocycles. The van der Waals surface area contributed by atoms with Crippen molar-refractivity contribution in [2.45, 2.75) is 42.9 Å². The summed E-state index contributed by atoms with van der Waals surface area (Å²) in [5, 5.41) is 5.75. The van der Waals surface area contributed by atoms with E-state index in [0.717, 1.165) is 30.5 Å². The summed E-state index contributed by atoms with van der Waals surface area (Å²) in [6.07, 6.45) is 4.48. The van der Waals surface area contributed by atoms with E-state index in [-0.39, 0.29) is 12.0 Å². The third kappa shape index (κ3) is 4.29. The molecule has 10 heteroatoms. The third-order valence-corrected chi connectivity index (χ3v) is 7.22. The van der Waals surface area contributed by atoms with Crippen LogP contribution in [0.4, 0.5) is 0 Å². The van der Waals surface area contributed by atoms with E-state index in [1.165, 1.54) is 11.8 Å². The molecular formula is C23H26ClN5O3S. The molecule has 3 heterocycles. The van der Waals surface area contributed by atoms with E-state index in [1.807, 2.05) is 48.4 Å². The number of fused-ring (bicyclic) bond motifs is 1. The molecule has 1 atom stereocenters. The van der Waals surface area contributed by atoms with Gasteiger partial charge in [-0.3, -0.25) is 4.79 Å². The fraction of sp³-hybridized carbons (Fsp3) is 0.478. The number of aromatic nitrogens is 4. The summed E-state index contributed by atoms with van der Waals surface area (Å²) in [5.41, 5.74) is 1.40. The van der Waals surface area contributed by atoms with E-state index in [2.05, 4.69) is 15.1 Å². The number of morpholine rings is 1. The average Bonchev–Trinajstić information content (AvgIpc) is 3.21. The second-order valence-electron chi connectivity index (χ2n) is 8.54. The Bertz CT molecular complexity index is 1160. The van der Waals surface area contributed by atoms with Gasteiger partial charge in [-0.2, -0.15) is 9.50 Å². The molecule has 2 aliphatic rings. The smallest absolute Gasteiger partial charge is 0.256 e. The quantitative estimate of drug-likeness (QED) is 0.492. The van der Waals surface area contributed by atoms with Gasteiger partial charge in [-0.15, -0.1) is 5.10 Å². The lowest BCUT2D eigenvalue weighted by molar-refractivity contribution is -0.149. The van der Waals surface area contributed by atoms with Crippen LogP contribution in [0, 0.1) is 6.92 Å². The summed E-state index contributed by atoms with van der Waals surface area (Å²) >= 11 is 7.52. The first kappa shape index (κ1) is 22.4. The lowest BCUT2D eigenvalue weighted by Crippen LogP contribution is -2.56. The number of ether oxygens (including phenoxy) is 2. The van der Waals surface area contributed by atoms with Gasteiger partial charge in [-0.25, -0.2) is 4.98 Å². The van der Waals surface area contributed by atoms with E-state index < -0.39 is 5.41 Å². The second-order valence-corrected chi connectivity index (χ2v) is 9.75. The van der Waals surface area contributed by atoms with Gasteiger partial charge in [0.2, 0.25) is 16.9 Å². The van der Waals surface area contributed by atoms with E-state index in [0.29, 0.717) is 48.1 Å². The lowest BCUT2D eigenvalue weighted by Gasteiger charge is -2.45. The fourth-order valence-electron chi connectivity index (χ4n) is 4.54. The van der Waals surface area contributed by atoms with Crippen molar-refractivity contribution >= 4 is 35.0 Å². The summed E-state index contributed by atoms with van der Waals surface area (Å²) in [6.45, 7) is 3.77. The normalized spacial score (nSPS) is 20.0. The van der Waals surface area contributed by atoms with Crippen molar-refractivity contribution in [1.82, 2.24) is 24.5 Å². The number of aryl methyl sites for hydroxylation is 1. The van der Waals surface area contributed by atoms with Crippen LogP contribution < -0.4 is 4.74 Å². The minimum Gasteiger partial charge on any atom is -0.475 e. The zero-order chi connectivity index (χ0) is 23.0. The highest BCUT2D eigenvalue weighted by atomic mass is 35.5. The van der Waals surface area contributed by atoms with Gasteiger partial charge in [-0.1, -0.05) is 41.9 Å². The van der Waals surface area contributed by atoms with Crippen LogP contribution in [-0.4, -0.2) is 69.1 Å². The molecule has 2 aromatic heterocycles. The van der Waals surface area contributed by atoms with Crippen LogP contribution in [0.5, 0.6) is 5.88 Å². The largest absolute Gasteiger partial charge is 0.475 e. The molecule has 8 nitrogen and oxygen atoms in total. The number of hydrogen-bond donors (Lipinski definition) is 0. The number of carbonyl (C=O) groups is 1. The number of rotatable bonds is 6. The zero-order valence-corrected chi connectivity index (χ0v) is 20.2. The molecule has 1 aliphatic heterocycles. The molecule has 33 heavy (non-hydrogen) atoms. The molecule has 1 aliphatic carbocycles. The van der Waals surface area contributed by atoms with Gasteiger partial charge in [0, 0.05) is 23.3 Å². The first-order valence-electron chi connectivity index (χ1n) is 11.1. The van der Waals surface area contributed by atoms with E-state index >= 15 is 0 Å². The first-order chi connectivity index (χ1) is 16.0. The van der Waals surface area contributed by atoms with Crippen molar-refractivity contribution in [2.75, 3.05) is 32.6 Å².